The van der Waals surface area contributed by atoms with Crippen molar-refractivity contribution in [2.45, 2.75) is 24.4 Å². The lowest BCUT2D eigenvalue weighted by atomic mass is 9.63. The number of rotatable bonds is 7. The maximum absolute atomic E-state index is 14.1. The number of Topliss-reactive ketones (excluding diaryl/α,β-unsaturated/α-hetero) is 1. The van der Waals surface area contributed by atoms with E-state index in [4.69, 9.17) is 9.47 Å². The molecule has 0 aromatic heterocycles. The molecule has 2 saturated heterocycles. The van der Waals surface area contributed by atoms with Gasteiger partial charge in [0, 0.05) is 5.56 Å². The predicted molar refractivity (Wildman–Crippen MR) is 131 cm³/mol. The third kappa shape index (κ3) is 3.21. The predicted octanol–water partition coefficient (Wildman–Crippen LogP) is 3.81. The molecule has 2 aliphatic heterocycles. The van der Waals surface area contributed by atoms with Crippen molar-refractivity contribution in [3.8, 4) is 5.75 Å². The molecule has 182 valence electrons. The second-order valence-electron chi connectivity index (χ2n) is 8.54. The van der Waals surface area contributed by atoms with Crippen molar-refractivity contribution < 1.29 is 28.7 Å². The summed E-state index contributed by atoms with van der Waals surface area (Å²) in [6.07, 6.45) is 0. The van der Waals surface area contributed by atoms with Crippen LogP contribution in [0.2, 0.25) is 0 Å². The third-order valence-corrected chi connectivity index (χ3v) is 6.75. The Morgan fingerprint density at radius 2 is 1.50 bits per heavy atom. The van der Waals surface area contributed by atoms with Crippen LogP contribution in [0.3, 0.4) is 0 Å². The first-order chi connectivity index (χ1) is 17.5. The van der Waals surface area contributed by atoms with Gasteiger partial charge in [0.1, 0.15) is 11.8 Å². The smallest absolute Gasteiger partial charge is 0.342 e. The van der Waals surface area contributed by atoms with E-state index in [0.29, 0.717) is 22.6 Å². The van der Waals surface area contributed by atoms with Gasteiger partial charge in [-0.15, -0.1) is 0 Å². The minimum absolute atomic E-state index is 0.00780. The number of benzene rings is 3. The van der Waals surface area contributed by atoms with Crippen LogP contribution in [0.25, 0.3) is 0 Å². The Labute approximate surface area is 208 Å². The molecule has 0 bridgehead atoms. The van der Waals surface area contributed by atoms with Crippen molar-refractivity contribution in [1.29, 1.82) is 0 Å². The molecule has 0 radical (unpaired) electrons. The molecule has 3 aromatic carbocycles. The molecule has 8 heteroatoms. The Balaban J connectivity index is 1.71. The van der Waals surface area contributed by atoms with E-state index in [-0.39, 0.29) is 12.4 Å². The number of anilines is 1. The summed E-state index contributed by atoms with van der Waals surface area (Å²) in [6.45, 7) is 1.64. The molecule has 2 heterocycles. The molecule has 8 nitrogen and oxygen atoms in total. The zero-order chi connectivity index (χ0) is 25.4. The van der Waals surface area contributed by atoms with Crippen LogP contribution in [0.15, 0.2) is 84.9 Å². The topological polar surface area (TPSA) is 93.2 Å². The number of ether oxygens (including phenoxy) is 2. The van der Waals surface area contributed by atoms with Gasteiger partial charge in [-0.2, -0.15) is 0 Å². The minimum atomic E-state index is -2.01. The lowest BCUT2D eigenvalue weighted by molar-refractivity contribution is -0.171. The lowest BCUT2D eigenvalue weighted by Gasteiger charge is -2.55. The molecule has 3 atom stereocenters. The number of nitrogens with zero attached hydrogens (tertiary/aromatic N) is 2. The zero-order valence-electron chi connectivity index (χ0n) is 19.8. The number of hydrogen-bond donors (Lipinski definition) is 0. The highest BCUT2D eigenvalue weighted by Crippen LogP contribution is 2.56. The summed E-state index contributed by atoms with van der Waals surface area (Å²) in [7, 11) is 1.53. The Bertz CT molecular complexity index is 1330. The van der Waals surface area contributed by atoms with Gasteiger partial charge in [0.25, 0.3) is 5.91 Å². The summed E-state index contributed by atoms with van der Waals surface area (Å²) < 4.78 is 10.6. The summed E-state index contributed by atoms with van der Waals surface area (Å²) in [5, 5.41) is 0. The highest BCUT2D eigenvalue weighted by Gasteiger charge is 2.79. The van der Waals surface area contributed by atoms with Crippen molar-refractivity contribution in [1.82, 2.24) is 4.90 Å². The van der Waals surface area contributed by atoms with Crippen molar-refractivity contribution in [3.63, 3.8) is 0 Å². The number of amides is 3. The molecule has 0 aliphatic carbocycles. The van der Waals surface area contributed by atoms with Crippen LogP contribution in [0.5, 0.6) is 5.75 Å². The number of carbonyl (C=O) groups excluding carboxylic acids is 4. The monoisotopic (exact) mass is 484 g/mol. The van der Waals surface area contributed by atoms with E-state index >= 15 is 0 Å². The van der Waals surface area contributed by atoms with Gasteiger partial charge in [0.15, 0.2) is 5.78 Å². The van der Waals surface area contributed by atoms with Gasteiger partial charge in [0.2, 0.25) is 5.54 Å². The van der Waals surface area contributed by atoms with E-state index < -0.39 is 35.4 Å². The quantitative estimate of drug-likeness (QED) is 0.219. The van der Waals surface area contributed by atoms with Gasteiger partial charge in [0.05, 0.1) is 25.3 Å². The second kappa shape index (κ2) is 8.96. The van der Waals surface area contributed by atoms with Gasteiger partial charge in [-0.1, -0.05) is 60.7 Å². The van der Waals surface area contributed by atoms with Gasteiger partial charge >= 0.3 is 12.0 Å². The maximum Gasteiger partial charge on any atom is 0.342 e. The number of ketones is 1. The summed E-state index contributed by atoms with van der Waals surface area (Å²) >= 11 is 0. The fraction of sp³-hybridized carbons (Fsp3) is 0.214. The van der Waals surface area contributed by atoms with Crippen molar-refractivity contribution in [3.05, 3.63) is 96.1 Å². The van der Waals surface area contributed by atoms with Crippen molar-refractivity contribution >= 4 is 29.4 Å². The second-order valence-corrected chi connectivity index (χ2v) is 8.54. The Morgan fingerprint density at radius 1 is 0.889 bits per heavy atom. The summed E-state index contributed by atoms with van der Waals surface area (Å²) in [5.41, 5.74) is -0.778. The molecule has 36 heavy (non-hydrogen) atoms. The van der Waals surface area contributed by atoms with E-state index in [0.717, 1.165) is 9.80 Å². The maximum atomic E-state index is 14.1. The summed E-state index contributed by atoms with van der Waals surface area (Å²) in [6, 6.07) is 21.8. The number of carbonyl (C=O) groups is 4. The SMILES string of the molecule is CCOC(=O)[C@]12C(=O)N(c3ccccc3)C(=O)N1[C@H](C(=O)c1ccccc1)[C@H]2c1ccc(OC)cc1. The number of esters is 1. The van der Waals surface area contributed by atoms with E-state index in [1.807, 2.05) is 0 Å². The van der Waals surface area contributed by atoms with Crippen LogP contribution in [0.4, 0.5) is 10.5 Å². The van der Waals surface area contributed by atoms with Crippen LogP contribution < -0.4 is 9.64 Å². The van der Waals surface area contributed by atoms with E-state index in [2.05, 4.69) is 0 Å². The largest absolute Gasteiger partial charge is 0.497 e. The van der Waals surface area contributed by atoms with Crippen LogP contribution in [0.1, 0.15) is 28.8 Å². The number of methoxy groups -OCH3 is 1. The molecule has 3 amide bonds. The highest BCUT2D eigenvalue weighted by atomic mass is 16.5. The summed E-state index contributed by atoms with van der Waals surface area (Å²) in [5.74, 6) is -2.35. The number of hydrogen-bond acceptors (Lipinski definition) is 6. The zero-order valence-corrected chi connectivity index (χ0v) is 19.8. The lowest BCUT2D eigenvalue weighted by Crippen LogP contribution is -2.77. The minimum Gasteiger partial charge on any atom is -0.497 e. The Hall–Kier alpha value is -4.46. The van der Waals surface area contributed by atoms with Crippen molar-refractivity contribution in [2.75, 3.05) is 18.6 Å². The highest BCUT2D eigenvalue weighted by molar-refractivity contribution is 6.34. The standard InChI is InChI=1S/C28H24N2O6/c1-3-36-26(33)28-22(18-14-16-21(35-2)17-15-18)23(24(31)19-10-6-4-7-11-19)30(28)27(34)29(25(28)32)20-12-8-5-9-13-20/h4-17,22-23H,3H2,1-2H3/t22-,23+,28+/m1/s1. The molecule has 2 fully saturated rings. The normalized spacial score (nSPS) is 22.6. The fourth-order valence-electron chi connectivity index (χ4n) is 5.17. The third-order valence-electron chi connectivity index (χ3n) is 6.75. The number of fused-ring (bicyclic) bond motifs is 1. The van der Waals surface area contributed by atoms with Gasteiger partial charge < -0.3 is 9.47 Å². The van der Waals surface area contributed by atoms with Crippen molar-refractivity contribution in [2.24, 2.45) is 0 Å². The molecular formula is C28H24N2O6. The Morgan fingerprint density at radius 3 is 2.08 bits per heavy atom. The average Bonchev–Trinajstić information content (AvgIpc) is 3.08. The van der Waals surface area contributed by atoms with Crippen LogP contribution >= 0.6 is 0 Å². The number of para-hydroxylation sites is 1. The van der Waals surface area contributed by atoms with Crippen LogP contribution in [-0.2, 0) is 14.3 Å². The van der Waals surface area contributed by atoms with Gasteiger partial charge in [-0.25, -0.2) is 14.5 Å². The summed E-state index contributed by atoms with van der Waals surface area (Å²) in [4.78, 5) is 57.3. The molecule has 0 unspecified atom stereocenters. The number of imide groups is 1. The Kier molecular flexibility index (Phi) is 5.80. The van der Waals surface area contributed by atoms with Gasteiger partial charge in [-0.3, -0.25) is 14.5 Å². The number of urea groups is 1. The first-order valence-electron chi connectivity index (χ1n) is 11.6. The molecule has 0 saturated carbocycles. The first kappa shape index (κ1) is 23.3. The van der Waals surface area contributed by atoms with Gasteiger partial charge in [-0.05, 0) is 36.8 Å². The fourth-order valence-corrected chi connectivity index (χ4v) is 5.17. The van der Waals surface area contributed by atoms with E-state index in [1.54, 1.807) is 91.9 Å². The van der Waals surface area contributed by atoms with E-state index in [1.165, 1.54) is 7.11 Å². The molecule has 0 spiro atoms. The molecule has 5 rings (SSSR count). The van der Waals surface area contributed by atoms with Crippen LogP contribution in [0, 0.1) is 0 Å². The molecular weight excluding hydrogens is 460 g/mol. The molecule has 0 N–H and O–H groups in total. The van der Waals surface area contributed by atoms with E-state index in [9.17, 15) is 19.2 Å². The molecule has 2 aliphatic rings. The average molecular weight is 485 g/mol. The molecule has 3 aromatic rings. The first-order valence-corrected chi connectivity index (χ1v) is 11.6. The van der Waals surface area contributed by atoms with Crippen LogP contribution in [-0.4, -0.2) is 53.9 Å².